The van der Waals surface area contributed by atoms with Gasteiger partial charge in [-0.2, -0.15) is 10.4 Å². The molecule has 2 aromatic heterocycles. The second-order valence-electron chi connectivity index (χ2n) is 10.1. The quantitative estimate of drug-likeness (QED) is 0.412. The maximum Gasteiger partial charge on any atom is 0.272 e. The number of aryl methyl sites for hydroxylation is 2. The molecule has 1 aliphatic rings. The summed E-state index contributed by atoms with van der Waals surface area (Å²) in [5.41, 5.74) is -1.43. The Balaban J connectivity index is 1.61. The first-order valence-electron chi connectivity index (χ1n) is 12.5. The number of hydrogen-bond donors (Lipinski definition) is 3. The van der Waals surface area contributed by atoms with Crippen molar-refractivity contribution in [3.8, 4) is 17.2 Å². The van der Waals surface area contributed by atoms with E-state index in [1.807, 2.05) is 0 Å². The summed E-state index contributed by atoms with van der Waals surface area (Å²) in [5, 5.41) is 28.8. The minimum atomic E-state index is -3.13. The number of aliphatic hydroxyl groups is 1. The van der Waals surface area contributed by atoms with Crippen molar-refractivity contribution < 1.29 is 27.9 Å². The van der Waals surface area contributed by atoms with Gasteiger partial charge >= 0.3 is 0 Å². The highest BCUT2D eigenvalue weighted by atomic mass is 19.3. The molecular weight excluding hydrogens is 513 g/mol. The van der Waals surface area contributed by atoms with E-state index in [0.29, 0.717) is 29.5 Å². The standard InChI is InChI=1S/C27H29F3N6O3/c1-14-13-32-21(34-25(38)15-5-4-6-17(9-15)33-22(37)7-8-31)12-18(14)16-10-19-23(20(28)11-16)35-36(3)24(19)27(2,39)26(29)30/h10-13,15,17,26,39H,4-7,9H2,1-3H3,(H,33,37)(H,32,34,38)/t15-,17+,27+/m0/s1. The van der Waals surface area contributed by atoms with E-state index in [9.17, 15) is 23.5 Å². The fourth-order valence-corrected chi connectivity index (χ4v) is 5.16. The fourth-order valence-electron chi connectivity index (χ4n) is 5.16. The molecule has 0 bridgehead atoms. The number of anilines is 1. The Hall–Kier alpha value is -3.98. The van der Waals surface area contributed by atoms with E-state index < -0.39 is 17.8 Å². The lowest BCUT2D eigenvalue weighted by Gasteiger charge is -2.28. The summed E-state index contributed by atoms with van der Waals surface area (Å²) in [4.78, 5) is 29.1. The number of alkyl halides is 2. The van der Waals surface area contributed by atoms with Crippen LogP contribution in [0.5, 0.6) is 0 Å². The van der Waals surface area contributed by atoms with E-state index in [1.165, 1.54) is 25.4 Å². The molecule has 1 aromatic carbocycles. The van der Waals surface area contributed by atoms with E-state index in [0.717, 1.165) is 24.4 Å². The topological polar surface area (TPSA) is 133 Å². The molecule has 3 N–H and O–H groups in total. The monoisotopic (exact) mass is 542 g/mol. The lowest BCUT2D eigenvalue weighted by atomic mass is 9.85. The van der Waals surface area contributed by atoms with Crippen molar-refractivity contribution in [2.24, 2.45) is 13.0 Å². The second-order valence-corrected chi connectivity index (χ2v) is 10.1. The van der Waals surface area contributed by atoms with Gasteiger partial charge in [-0.25, -0.2) is 18.2 Å². The van der Waals surface area contributed by atoms with Gasteiger partial charge in [0.25, 0.3) is 6.43 Å². The molecule has 3 atom stereocenters. The lowest BCUT2D eigenvalue weighted by Crippen LogP contribution is -2.40. The fraction of sp³-hybridized carbons (Fsp3) is 0.444. The van der Waals surface area contributed by atoms with Crippen LogP contribution >= 0.6 is 0 Å². The van der Waals surface area contributed by atoms with E-state index >= 15 is 4.39 Å². The zero-order valence-electron chi connectivity index (χ0n) is 21.8. The van der Waals surface area contributed by atoms with Gasteiger partial charge in [-0.1, -0.05) is 6.42 Å². The number of halogens is 3. The van der Waals surface area contributed by atoms with Crippen LogP contribution in [0.1, 0.15) is 50.3 Å². The van der Waals surface area contributed by atoms with Gasteiger partial charge in [-0.3, -0.25) is 14.3 Å². The highest BCUT2D eigenvalue weighted by Gasteiger charge is 2.39. The van der Waals surface area contributed by atoms with E-state index in [1.54, 1.807) is 19.1 Å². The predicted octanol–water partition coefficient (Wildman–Crippen LogP) is 4.08. The third-order valence-electron chi connectivity index (χ3n) is 7.11. The van der Waals surface area contributed by atoms with Crippen LogP contribution in [0.25, 0.3) is 22.0 Å². The van der Waals surface area contributed by atoms with Gasteiger partial charge in [0.1, 0.15) is 17.8 Å². The Labute approximate surface area is 223 Å². The lowest BCUT2D eigenvalue weighted by molar-refractivity contribution is -0.124. The van der Waals surface area contributed by atoms with E-state index in [-0.39, 0.29) is 52.6 Å². The third kappa shape index (κ3) is 5.73. The zero-order valence-corrected chi connectivity index (χ0v) is 21.8. The normalized spacial score (nSPS) is 18.9. The van der Waals surface area contributed by atoms with Crippen LogP contribution in [0.15, 0.2) is 24.4 Å². The van der Waals surface area contributed by atoms with Crippen molar-refractivity contribution in [3.63, 3.8) is 0 Å². The number of nitrogens with zero attached hydrogens (tertiary/aromatic N) is 4. The zero-order chi connectivity index (χ0) is 28.5. The number of nitrogens with one attached hydrogen (secondary N) is 2. The number of carbonyl (C=O) groups excluding carboxylic acids is 2. The van der Waals surface area contributed by atoms with Crippen molar-refractivity contribution in [2.75, 3.05) is 5.32 Å². The highest BCUT2D eigenvalue weighted by Crippen LogP contribution is 2.37. The largest absolute Gasteiger partial charge is 0.378 e. The number of amides is 2. The number of nitriles is 1. The molecule has 1 fully saturated rings. The van der Waals surface area contributed by atoms with Crippen LogP contribution in [-0.4, -0.2) is 44.2 Å². The van der Waals surface area contributed by atoms with Crippen molar-refractivity contribution >= 4 is 28.5 Å². The molecule has 0 radical (unpaired) electrons. The second kappa shape index (κ2) is 11.0. The van der Waals surface area contributed by atoms with Crippen LogP contribution < -0.4 is 10.6 Å². The molecule has 39 heavy (non-hydrogen) atoms. The Morgan fingerprint density at radius 1 is 1.31 bits per heavy atom. The van der Waals surface area contributed by atoms with Crippen molar-refractivity contribution in [3.05, 3.63) is 41.5 Å². The number of aromatic nitrogens is 3. The van der Waals surface area contributed by atoms with Crippen LogP contribution in [-0.2, 0) is 22.2 Å². The van der Waals surface area contributed by atoms with Crippen LogP contribution in [0.3, 0.4) is 0 Å². The summed E-state index contributed by atoms with van der Waals surface area (Å²) in [6, 6.07) is 5.88. The molecule has 0 spiro atoms. The molecule has 3 aromatic rings. The summed E-state index contributed by atoms with van der Waals surface area (Å²) in [7, 11) is 1.36. The van der Waals surface area contributed by atoms with Crippen molar-refractivity contribution in [1.29, 1.82) is 5.26 Å². The summed E-state index contributed by atoms with van der Waals surface area (Å²) in [6.07, 6.45) is 0.649. The third-order valence-corrected chi connectivity index (χ3v) is 7.11. The molecule has 1 aliphatic carbocycles. The first-order valence-corrected chi connectivity index (χ1v) is 12.5. The Kier molecular flexibility index (Phi) is 7.92. The number of pyridine rings is 1. The number of carbonyl (C=O) groups is 2. The van der Waals surface area contributed by atoms with Gasteiger partial charge in [0.15, 0.2) is 11.4 Å². The molecular formula is C27H29F3N6O3. The summed E-state index contributed by atoms with van der Waals surface area (Å²) < 4.78 is 43.5. The van der Waals surface area contributed by atoms with Gasteiger partial charge in [0, 0.05) is 30.6 Å². The summed E-state index contributed by atoms with van der Waals surface area (Å²) >= 11 is 0. The predicted molar refractivity (Wildman–Crippen MR) is 137 cm³/mol. The average molecular weight is 543 g/mol. The number of fused-ring (bicyclic) bond motifs is 1. The Morgan fingerprint density at radius 3 is 2.74 bits per heavy atom. The molecule has 206 valence electrons. The average Bonchev–Trinajstić information content (AvgIpc) is 3.22. The van der Waals surface area contributed by atoms with Gasteiger partial charge in [0.2, 0.25) is 11.8 Å². The maximum absolute atomic E-state index is 15.1. The number of rotatable bonds is 7. The molecule has 2 amide bonds. The van der Waals surface area contributed by atoms with Gasteiger partial charge < -0.3 is 15.7 Å². The Morgan fingerprint density at radius 2 is 2.05 bits per heavy atom. The van der Waals surface area contributed by atoms with E-state index in [2.05, 4.69) is 20.7 Å². The summed E-state index contributed by atoms with van der Waals surface area (Å²) in [5.74, 6) is -1.54. The minimum absolute atomic E-state index is 0.0475. The first kappa shape index (κ1) is 28.0. The van der Waals surface area contributed by atoms with Gasteiger partial charge in [-0.15, -0.1) is 0 Å². The highest BCUT2D eigenvalue weighted by molar-refractivity contribution is 5.93. The maximum atomic E-state index is 15.1. The molecule has 0 aliphatic heterocycles. The van der Waals surface area contributed by atoms with Crippen LogP contribution in [0.2, 0.25) is 0 Å². The SMILES string of the molecule is Cc1cnc(NC(=O)[C@H]2CCC[C@@H](NC(=O)CC#N)C2)cc1-c1cc(F)c2nn(C)c([C@@](C)(O)C(F)F)c2c1. The molecule has 4 rings (SSSR count). The molecule has 0 unspecified atom stereocenters. The first-order chi connectivity index (χ1) is 18.4. The van der Waals surface area contributed by atoms with Crippen molar-refractivity contribution in [1.82, 2.24) is 20.1 Å². The van der Waals surface area contributed by atoms with Crippen LogP contribution in [0.4, 0.5) is 19.0 Å². The molecule has 12 heteroatoms. The Bertz CT molecular complexity index is 1460. The van der Waals surface area contributed by atoms with Crippen molar-refractivity contribution in [2.45, 2.75) is 64.0 Å². The minimum Gasteiger partial charge on any atom is -0.378 e. The molecule has 9 nitrogen and oxygen atoms in total. The summed E-state index contributed by atoms with van der Waals surface area (Å²) in [6.45, 7) is 2.69. The van der Waals surface area contributed by atoms with Crippen LogP contribution in [0, 0.1) is 30.0 Å². The number of hydrogen-bond acceptors (Lipinski definition) is 6. The van der Waals surface area contributed by atoms with E-state index in [4.69, 9.17) is 5.26 Å². The number of benzene rings is 1. The van der Waals surface area contributed by atoms with Gasteiger partial charge in [-0.05, 0) is 68.0 Å². The smallest absolute Gasteiger partial charge is 0.272 e. The molecule has 1 saturated carbocycles. The molecule has 2 heterocycles. The molecule has 0 saturated heterocycles. The van der Waals surface area contributed by atoms with Gasteiger partial charge in [0.05, 0.1) is 11.8 Å².